The summed E-state index contributed by atoms with van der Waals surface area (Å²) < 4.78 is 0. The first-order valence-corrected chi connectivity index (χ1v) is 6.55. The summed E-state index contributed by atoms with van der Waals surface area (Å²) >= 11 is 0. The van der Waals surface area contributed by atoms with Gasteiger partial charge in [-0.1, -0.05) is 0 Å². The number of nitrogens with one attached hydrogen (secondary N) is 2. The molecule has 0 saturated heterocycles. The number of aromatic nitrogens is 6. The van der Waals surface area contributed by atoms with E-state index in [1.165, 1.54) is 0 Å². The molecule has 0 fully saturated rings. The Morgan fingerprint density at radius 2 is 0.864 bits per heavy atom. The van der Waals surface area contributed by atoms with Crippen LogP contribution in [0.1, 0.15) is 12.8 Å². The lowest BCUT2D eigenvalue weighted by Crippen LogP contribution is -2.13. The van der Waals surface area contributed by atoms with Gasteiger partial charge in [0.25, 0.3) is 0 Å². The van der Waals surface area contributed by atoms with E-state index in [1.54, 1.807) is 0 Å². The highest BCUT2D eigenvalue weighted by Crippen LogP contribution is 2.05. The number of hydrogen-bond donors (Lipinski definition) is 6. The van der Waals surface area contributed by atoms with Crippen LogP contribution in [0.3, 0.4) is 0 Å². The van der Waals surface area contributed by atoms with E-state index in [4.69, 9.17) is 22.9 Å². The fourth-order valence-electron chi connectivity index (χ4n) is 1.63. The molecule has 2 rings (SSSR count). The summed E-state index contributed by atoms with van der Waals surface area (Å²) in [6.45, 7) is 1.32. The summed E-state index contributed by atoms with van der Waals surface area (Å²) in [7, 11) is 0. The first-order chi connectivity index (χ1) is 10.5. The van der Waals surface area contributed by atoms with Crippen LogP contribution in [-0.2, 0) is 0 Å². The lowest BCUT2D eigenvalue weighted by atomic mass is 10.3. The van der Waals surface area contributed by atoms with Gasteiger partial charge >= 0.3 is 0 Å². The Morgan fingerprint density at radius 1 is 0.545 bits per heavy atom. The lowest BCUT2D eigenvalue weighted by molar-refractivity contribution is 0.784. The smallest absolute Gasteiger partial charge is 0.229 e. The second-order valence-electron chi connectivity index (χ2n) is 4.31. The van der Waals surface area contributed by atoms with Gasteiger partial charge in [-0.15, -0.1) is 0 Å². The van der Waals surface area contributed by atoms with Gasteiger partial charge in [-0.2, -0.15) is 29.9 Å². The van der Waals surface area contributed by atoms with Crippen LogP contribution >= 0.6 is 0 Å². The molecule has 10 N–H and O–H groups in total. The van der Waals surface area contributed by atoms with Crippen LogP contribution in [0.25, 0.3) is 0 Å². The lowest BCUT2D eigenvalue weighted by Gasteiger charge is -2.07. The molecule has 0 saturated carbocycles. The van der Waals surface area contributed by atoms with E-state index in [0.29, 0.717) is 25.0 Å². The standard InChI is InChI=1S/C10H18N12/c11-5-17-6(12)20-9(19-5)15-3-1-2-4-16-10-21-7(13)18-8(14)22-10/h1-4H2,(H5,11,12,15,17,19,20)(H5,13,14,16,18,21,22). The SMILES string of the molecule is Nc1nc(N)nc(NCCCCNc2nc(N)nc(N)n2)n1. The van der Waals surface area contributed by atoms with Crippen LogP contribution in [0.4, 0.5) is 35.7 Å². The first-order valence-electron chi connectivity index (χ1n) is 6.55. The molecule has 0 atom stereocenters. The predicted molar refractivity (Wildman–Crippen MR) is 83.5 cm³/mol. The molecule has 2 aromatic rings. The van der Waals surface area contributed by atoms with Crippen LogP contribution in [0, 0.1) is 0 Å². The van der Waals surface area contributed by atoms with Gasteiger partial charge in [0.05, 0.1) is 0 Å². The van der Waals surface area contributed by atoms with Crippen molar-refractivity contribution < 1.29 is 0 Å². The third kappa shape index (κ3) is 4.73. The van der Waals surface area contributed by atoms with Crippen molar-refractivity contribution in [1.82, 2.24) is 29.9 Å². The van der Waals surface area contributed by atoms with Crippen molar-refractivity contribution in [2.45, 2.75) is 12.8 Å². The molecule has 22 heavy (non-hydrogen) atoms. The van der Waals surface area contributed by atoms with E-state index < -0.39 is 0 Å². The van der Waals surface area contributed by atoms with Gasteiger partial charge in [-0.25, -0.2) is 0 Å². The number of rotatable bonds is 7. The molecule has 0 bridgehead atoms. The normalized spacial score (nSPS) is 10.4. The number of hydrogen-bond acceptors (Lipinski definition) is 12. The van der Waals surface area contributed by atoms with Crippen molar-refractivity contribution in [2.24, 2.45) is 0 Å². The van der Waals surface area contributed by atoms with Crippen LogP contribution in [0.2, 0.25) is 0 Å². The number of nitrogens with zero attached hydrogens (tertiary/aromatic N) is 6. The summed E-state index contributed by atoms with van der Waals surface area (Å²) in [6, 6.07) is 0. The van der Waals surface area contributed by atoms with E-state index in [0.717, 1.165) is 12.8 Å². The Bertz CT molecular complexity index is 533. The van der Waals surface area contributed by atoms with Gasteiger partial charge < -0.3 is 33.6 Å². The maximum Gasteiger partial charge on any atom is 0.229 e. The maximum atomic E-state index is 5.47. The molecule has 118 valence electrons. The van der Waals surface area contributed by atoms with Gasteiger partial charge in [0.15, 0.2) is 0 Å². The Balaban J connectivity index is 1.67. The summed E-state index contributed by atoms with van der Waals surface area (Å²) in [4.78, 5) is 23.0. The second-order valence-corrected chi connectivity index (χ2v) is 4.31. The third-order valence-corrected chi connectivity index (χ3v) is 2.51. The molecule has 0 amide bonds. The molecular formula is C10H18N12. The molecule has 12 nitrogen and oxygen atoms in total. The molecule has 2 aromatic heterocycles. The van der Waals surface area contributed by atoms with Crippen molar-refractivity contribution in [3.8, 4) is 0 Å². The van der Waals surface area contributed by atoms with E-state index >= 15 is 0 Å². The van der Waals surface area contributed by atoms with Crippen LogP contribution in [-0.4, -0.2) is 43.0 Å². The molecule has 0 aliphatic heterocycles. The number of nitrogen functional groups attached to an aromatic ring is 4. The minimum absolute atomic E-state index is 0.0849. The van der Waals surface area contributed by atoms with E-state index in [2.05, 4.69) is 40.5 Å². The third-order valence-electron chi connectivity index (χ3n) is 2.51. The summed E-state index contributed by atoms with van der Waals surface area (Å²) in [5.41, 5.74) is 21.9. The first kappa shape index (κ1) is 15.2. The van der Waals surface area contributed by atoms with Crippen molar-refractivity contribution in [3.05, 3.63) is 0 Å². The molecule has 0 unspecified atom stereocenters. The molecule has 0 aliphatic rings. The fraction of sp³-hybridized carbons (Fsp3) is 0.400. The minimum Gasteiger partial charge on any atom is -0.368 e. The molecular weight excluding hydrogens is 288 g/mol. The minimum atomic E-state index is 0.0849. The summed E-state index contributed by atoms with van der Waals surface area (Å²) in [5, 5.41) is 6.02. The van der Waals surface area contributed by atoms with Crippen LogP contribution in [0.5, 0.6) is 0 Å². The predicted octanol–water partition coefficient (Wildman–Crippen LogP) is -1.31. The second kappa shape index (κ2) is 7.01. The summed E-state index contributed by atoms with van der Waals surface area (Å²) in [6.07, 6.45) is 1.71. The Kier molecular flexibility index (Phi) is 4.85. The molecule has 2 heterocycles. The largest absolute Gasteiger partial charge is 0.368 e. The highest BCUT2D eigenvalue weighted by molar-refractivity contribution is 5.37. The zero-order chi connectivity index (χ0) is 15.9. The van der Waals surface area contributed by atoms with E-state index in [1.807, 2.05) is 0 Å². The summed E-state index contributed by atoms with van der Waals surface area (Å²) in [5.74, 6) is 1.05. The monoisotopic (exact) mass is 306 g/mol. The van der Waals surface area contributed by atoms with Gasteiger partial charge in [0, 0.05) is 13.1 Å². The van der Waals surface area contributed by atoms with Gasteiger partial charge in [-0.05, 0) is 12.8 Å². The topological polar surface area (TPSA) is 205 Å². The number of nitrogens with two attached hydrogens (primary N) is 4. The zero-order valence-electron chi connectivity index (χ0n) is 11.8. The quantitative estimate of drug-likeness (QED) is 0.329. The van der Waals surface area contributed by atoms with E-state index in [-0.39, 0.29) is 23.8 Å². The van der Waals surface area contributed by atoms with Crippen molar-refractivity contribution in [1.29, 1.82) is 0 Å². The average molecular weight is 306 g/mol. The Labute approximate surface area is 126 Å². The zero-order valence-corrected chi connectivity index (χ0v) is 11.8. The van der Waals surface area contributed by atoms with E-state index in [9.17, 15) is 0 Å². The van der Waals surface area contributed by atoms with Gasteiger partial charge in [0.1, 0.15) is 0 Å². The van der Waals surface area contributed by atoms with Crippen LogP contribution < -0.4 is 33.6 Å². The average Bonchev–Trinajstić information content (AvgIpc) is 2.40. The van der Waals surface area contributed by atoms with Crippen LogP contribution in [0.15, 0.2) is 0 Å². The Hall–Kier alpha value is -3.18. The molecule has 0 aromatic carbocycles. The highest BCUT2D eigenvalue weighted by atomic mass is 15.2. The molecule has 12 heteroatoms. The number of anilines is 6. The van der Waals surface area contributed by atoms with Crippen molar-refractivity contribution in [2.75, 3.05) is 46.7 Å². The Morgan fingerprint density at radius 3 is 1.18 bits per heavy atom. The van der Waals surface area contributed by atoms with Gasteiger partial charge in [-0.3, -0.25) is 0 Å². The number of unbranched alkanes of at least 4 members (excludes halogenated alkanes) is 1. The fourth-order valence-corrected chi connectivity index (χ4v) is 1.63. The van der Waals surface area contributed by atoms with Crippen molar-refractivity contribution in [3.63, 3.8) is 0 Å². The molecule has 0 aliphatic carbocycles. The maximum absolute atomic E-state index is 5.47. The molecule has 0 spiro atoms. The molecule has 0 radical (unpaired) electrons. The highest BCUT2D eigenvalue weighted by Gasteiger charge is 2.02. The van der Waals surface area contributed by atoms with Gasteiger partial charge in [0.2, 0.25) is 35.7 Å². The van der Waals surface area contributed by atoms with Crippen molar-refractivity contribution >= 4 is 35.7 Å².